The van der Waals surface area contributed by atoms with Crippen molar-refractivity contribution in [2.45, 2.75) is 18.8 Å². The minimum atomic E-state index is -0.0875. The lowest BCUT2D eigenvalue weighted by molar-refractivity contribution is 0.255. The Bertz CT molecular complexity index is 1230. The molecule has 28 heavy (non-hydrogen) atoms. The van der Waals surface area contributed by atoms with Crippen molar-refractivity contribution in [3.63, 3.8) is 0 Å². The molecule has 0 spiro atoms. The first kappa shape index (κ1) is 17.1. The first-order valence-corrected chi connectivity index (χ1v) is 9.58. The van der Waals surface area contributed by atoms with E-state index in [4.69, 9.17) is 0 Å². The quantitative estimate of drug-likeness (QED) is 0.539. The molecule has 0 N–H and O–H groups in total. The third-order valence-corrected chi connectivity index (χ3v) is 5.70. The van der Waals surface area contributed by atoms with Crippen molar-refractivity contribution in [1.82, 2.24) is 29.2 Å². The second kappa shape index (κ2) is 6.53. The van der Waals surface area contributed by atoms with E-state index in [1.54, 1.807) is 15.6 Å². The molecule has 142 valence electrons. The fraction of sp³-hybridized carbons (Fsp3) is 0.333. The van der Waals surface area contributed by atoms with Crippen LogP contribution in [0, 0.1) is 0 Å². The Morgan fingerprint density at radius 3 is 2.71 bits per heavy atom. The largest absolute Gasteiger partial charge is 0.306 e. The third kappa shape index (κ3) is 2.88. The van der Waals surface area contributed by atoms with Crippen LogP contribution in [0.1, 0.15) is 24.3 Å². The zero-order valence-corrected chi connectivity index (χ0v) is 16.0. The number of nitrogens with zero attached hydrogens (tertiary/aromatic N) is 6. The number of likely N-dealkylation sites (tertiary alicyclic amines) is 1. The Labute approximate surface area is 162 Å². The van der Waals surface area contributed by atoms with Crippen LogP contribution in [-0.2, 0) is 7.05 Å². The minimum Gasteiger partial charge on any atom is -0.306 e. The monoisotopic (exact) mass is 374 g/mol. The van der Waals surface area contributed by atoms with Gasteiger partial charge in [0.2, 0.25) is 0 Å². The normalized spacial score (nSPS) is 16.2. The summed E-state index contributed by atoms with van der Waals surface area (Å²) in [5.74, 6) is 0.452. The number of piperidine rings is 1. The summed E-state index contributed by atoms with van der Waals surface area (Å²) in [7, 11) is 4.04. The summed E-state index contributed by atoms with van der Waals surface area (Å²) < 4.78 is 3.36. The highest BCUT2D eigenvalue weighted by atomic mass is 16.1. The van der Waals surface area contributed by atoms with Gasteiger partial charge in [-0.25, -0.2) is 9.97 Å². The Morgan fingerprint density at radius 1 is 1.07 bits per heavy atom. The van der Waals surface area contributed by atoms with Crippen LogP contribution in [-0.4, -0.2) is 49.4 Å². The molecule has 3 aromatic heterocycles. The van der Waals surface area contributed by atoms with Crippen molar-refractivity contribution in [2.24, 2.45) is 7.05 Å². The maximum absolute atomic E-state index is 13.2. The summed E-state index contributed by atoms with van der Waals surface area (Å²) in [4.78, 5) is 24.5. The van der Waals surface area contributed by atoms with Gasteiger partial charge in [-0.3, -0.25) is 14.0 Å². The fourth-order valence-corrected chi connectivity index (χ4v) is 4.06. The molecule has 7 heteroatoms. The van der Waals surface area contributed by atoms with E-state index >= 15 is 0 Å². The number of aryl methyl sites for hydroxylation is 1. The van der Waals surface area contributed by atoms with Gasteiger partial charge in [0, 0.05) is 24.8 Å². The van der Waals surface area contributed by atoms with E-state index in [1.807, 2.05) is 43.7 Å². The third-order valence-electron chi connectivity index (χ3n) is 5.70. The molecular weight excluding hydrogens is 352 g/mol. The highest BCUT2D eigenvalue weighted by Crippen LogP contribution is 2.28. The Morgan fingerprint density at radius 2 is 1.89 bits per heavy atom. The number of rotatable bonds is 2. The van der Waals surface area contributed by atoms with Gasteiger partial charge in [0.1, 0.15) is 6.33 Å². The SMILES string of the molecule is CN1CCC(c2cnc3ncn(-c4ccc5nn(C)cc5c4)c(=O)c3c2)CC1. The molecule has 0 bridgehead atoms. The van der Waals surface area contributed by atoms with Gasteiger partial charge < -0.3 is 4.90 Å². The topological polar surface area (TPSA) is 68.8 Å². The van der Waals surface area contributed by atoms with Gasteiger partial charge in [0.15, 0.2) is 5.65 Å². The van der Waals surface area contributed by atoms with Crippen molar-refractivity contribution in [3.05, 3.63) is 58.9 Å². The number of aromatic nitrogens is 5. The molecule has 1 fully saturated rings. The van der Waals surface area contributed by atoms with E-state index in [1.165, 1.54) is 0 Å². The van der Waals surface area contributed by atoms with Crippen molar-refractivity contribution >= 4 is 21.9 Å². The van der Waals surface area contributed by atoms with Gasteiger partial charge in [0.05, 0.1) is 16.6 Å². The molecule has 0 saturated carbocycles. The highest BCUT2D eigenvalue weighted by molar-refractivity contribution is 5.81. The lowest BCUT2D eigenvalue weighted by atomic mass is 9.90. The van der Waals surface area contributed by atoms with Crippen LogP contribution in [0.5, 0.6) is 0 Å². The van der Waals surface area contributed by atoms with E-state index in [0.717, 1.165) is 48.1 Å². The lowest BCUT2D eigenvalue weighted by Crippen LogP contribution is -2.29. The number of fused-ring (bicyclic) bond motifs is 2. The molecular formula is C21H22N6O. The molecule has 7 nitrogen and oxygen atoms in total. The molecule has 1 saturated heterocycles. The summed E-state index contributed by atoms with van der Waals surface area (Å²) in [6.07, 6.45) is 7.57. The van der Waals surface area contributed by atoms with Crippen LogP contribution >= 0.6 is 0 Å². The predicted octanol–water partition coefficient (Wildman–Crippen LogP) is 2.48. The summed E-state index contributed by atoms with van der Waals surface area (Å²) in [6, 6.07) is 7.78. The molecule has 0 amide bonds. The predicted molar refractivity (Wildman–Crippen MR) is 109 cm³/mol. The summed E-state index contributed by atoms with van der Waals surface area (Å²) >= 11 is 0. The first-order chi connectivity index (χ1) is 13.6. The van der Waals surface area contributed by atoms with E-state index < -0.39 is 0 Å². The molecule has 4 heterocycles. The van der Waals surface area contributed by atoms with Crippen molar-refractivity contribution in [1.29, 1.82) is 0 Å². The molecule has 1 aliphatic heterocycles. The zero-order valence-electron chi connectivity index (χ0n) is 16.0. The summed E-state index contributed by atoms with van der Waals surface area (Å²) in [5, 5.41) is 5.95. The number of hydrogen-bond acceptors (Lipinski definition) is 5. The standard InChI is InChI=1S/C21H22N6O/c1-25-7-5-14(6-8-25)15-10-18-20(22-11-15)23-13-27(21(18)28)17-3-4-19-16(9-17)12-26(2)24-19/h3-4,9-14H,5-8H2,1-2H3. The average molecular weight is 374 g/mol. The average Bonchev–Trinajstić information content (AvgIpc) is 3.08. The van der Waals surface area contributed by atoms with E-state index in [0.29, 0.717) is 17.0 Å². The Hall–Kier alpha value is -3.06. The number of hydrogen-bond donors (Lipinski definition) is 0. The number of benzene rings is 1. The molecule has 1 aromatic carbocycles. The maximum atomic E-state index is 13.2. The lowest BCUT2D eigenvalue weighted by Gasteiger charge is -2.29. The van der Waals surface area contributed by atoms with Gasteiger partial charge >= 0.3 is 0 Å². The van der Waals surface area contributed by atoms with Crippen molar-refractivity contribution < 1.29 is 0 Å². The van der Waals surface area contributed by atoms with E-state index in [2.05, 4.69) is 27.0 Å². The second-order valence-electron chi connectivity index (χ2n) is 7.68. The van der Waals surface area contributed by atoms with Crippen molar-refractivity contribution in [3.8, 4) is 5.69 Å². The van der Waals surface area contributed by atoms with Crippen LogP contribution in [0.2, 0.25) is 0 Å². The minimum absolute atomic E-state index is 0.0875. The molecule has 1 aliphatic rings. The molecule has 4 aromatic rings. The fourth-order valence-electron chi connectivity index (χ4n) is 4.06. The van der Waals surface area contributed by atoms with Crippen LogP contribution < -0.4 is 5.56 Å². The van der Waals surface area contributed by atoms with Gasteiger partial charge in [-0.2, -0.15) is 5.10 Å². The molecule has 0 atom stereocenters. The molecule has 0 unspecified atom stereocenters. The second-order valence-corrected chi connectivity index (χ2v) is 7.68. The van der Waals surface area contributed by atoms with Gasteiger partial charge in [-0.05, 0) is 68.7 Å². The summed E-state index contributed by atoms with van der Waals surface area (Å²) in [6.45, 7) is 2.15. The maximum Gasteiger partial charge on any atom is 0.267 e. The van der Waals surface area contributed by atoms with Gasteiger partial charge in [-0.15, -0.1) is 0 Å². The number of pyridine rings is 1. The van der Waals surface area contributed by atoms with Gasteiger partial charge in [0.25, 0.3) is 5.56 Å². The first-order valence-electron chi connectivity index (χ1n) is 9.58. The van der Waals surface area contributed by atoms with E-state index in [9.17, 15) is 4.79 Å². The van der Waals surface area contributed by atoms with Crippen molar-refractivity contribution in [2.75, 3.05) is 20.1 Å². The smallest absolute Gasteiger partial charge is 0.267 e. The molecule has 5 rings (SSSR count). The van der Waals surface area contributed by atoms with Crippen LogP contribution in [0.15, 0.2) is 47.8 Å². The zero-order chi connectivity index (χ0) is 19.3. The highest BCUT2D eigenvalue weighted by Gasteiger charge is 2.20. The molecule has 0 radical (unpaired) electrons. The van der Waals surface area contributed by atoms with Crippen LogP contribution in [0.4, 0.5) is 0 Å². The Balaban J connectivity index is 1.59. The Kier molecular flexibility index (Phi) is 3.98. The van der Waals surface area contributed by atoms with Crippen LogP contribution in [0.3, 0.4) is 0 Å². The summed E-state index contributed by atoms with van der Waals surface area (Å²) in [5.41, 5.74) is 3.24. The molecule has 0 aliphatic carbocycles. The van der Waals surface area contributed by atoms with E-state index in [-0.39, 0.29) is 5.56 Å². The van der Waals surface area contributed by atoms with Gasteiger partial charge in [-0.1, -0.05) is 0 Å². The van der Waals surface area contributed by atoms with Crippen LogP contribution in [0.25, 0.3) is 27.6 Å².